The molecule has 148 valence electrons. The topological polar surface area (TPSA) is 102 Å². The second kappa shape index (κ2) is 7.83. The highest BCUT2D eigenvalue weighted by Crippen LogP contribution is 2.32. The van der Waals surface area contributed by atoms with Crippen LogP contribution in [0.3, 0.4) is 0 Å². The molecule has 4 rings (SSSR count). The number of nitro groups is 1. The van der Waals surface area contributed by atoms with E-state index >= 15 is 0 Å². The zero-order valence-corrected chi connectivity index (χ0v) is 15.9. The quantitative estimate of drug-likeness (QED) is 0.484. The van der Waals surface area contributed by atoms with Gasteiger partial charge in [0, 0.05) is 29.8 Å². The lowest BCUT2D eigenvalue weighted by Gasteiger charge is -2.33. The van der Waals surface area contributed by atoms with E-state index in [1.165, 1.54) is 18.2 Å². The summed E-state index contributed by atoms with van der Waals surface area (Å²) in [4.78, 5) is 29.9. The van der Waals surface area contributed by atoms with E-state index in [4.69, 9.17) is 4.52 Å². The number of piperidine rings is 1. The van der Waals surface area contributed by atoms with Crippen LogP contribution in [0.4, 0.5) is 5.69 Å². The average molecular weight is 392 g/mol. The molecule has 1 saturated heterocycles. The summed E-state index contributed by atoms with van der Waals surface area (Å²) in [5.41, 5.74) is 2.12. The van der Waals surface area contributed by atoms with Crippen molar-refractivity contribution in [2.24, 2.45) is 0 Å². The molecule has 0 saturated carbocycles. The van der Waals surface area contributed by atoms with Crippen molar-refractivity contribution in [2.45, 2.75) is 32.2 Å². The number of rotatable bonds is 4. The fraction of sp³-hybridized carbons (Fsp3) is 0.286. The Morgan fingerprint density at radius 3 is 2.83 bits per heavy atom. The van der Waals surface area contributed by atoms with Crippen LogP contribution in [0.1, 0.15) is 47.1 Å². The molecule has 1 aromatic heterocycles. The maximum Gasteiger partial charge on any atom is 0.270 e. The molecule has 0 radical (unpaired) electrons. The van der Waals surface area contributed by atoms with Crippen LogP contribution >= 0.6 is 0 Å². The number of non-ortho nitro benzene ring substituents is 1. The molecule has 8 heteroatoms. The molecule has 1 unspecified atom stereocenters. The Kier molecular flexibility index (Phi) is 5.07. The van der Waals surface area contributed by atoms with Gasteiger partial charge in [-0.05, 0) is 38.3 Å². The van der Waals surface area contributed by atoms with Gasteiger partial charge in [-0.2, -0.15) is 4.98 Å². The van der Waals surface area contributed by atoms with Crippen LogP contribution in [0, 0.1) is 17.0 Å². The van der Waals surface area contributed by atoms with E-state index in [0.29, 0.717) is 24.7 Å². The molecule has 8 nitrogen and oxygen atoms in total. The number of carbonyl (C=O) groups excluding carboxylic acids is 1. The highest BCUT2D eigenvalue weighted by atomic mass is 16.6. The highest BCUT2D eigenvalue weighted by molar-refractivity contribution is 5.95. The van der Waals surface area contributed by atoms with Crippen molar-refractivity contribution in [2.75, 3.05) is 6.54 Å². The normalized spacial score (nSPS) is 16.6. The van der Waals surface area contributed by atoms with Gasteiger partial charge in [0.05, 0.1) is 4.92 Å². The van der Waals surface area contributed by atoms with Crippen molar-refractivity contribution in [1.29, 1.82) is 0 Å². The summed E-state index contributed by atoms with van der Waals surface area (Å²) in [7, 11) is 0. The number of nitro benzene ring substituents is 1. The van der Waals surface area contributed by atoms with Crippen LogP contribution in [-0.4, -0.2) is 32.4 Å². The third-order valence-electron chi connectivity index (χ3n) is 5.07. The first-order valence-electron chi connectivity index (χ1n) is 9.49. The summed E-state index contributed by atoms with van der Waals surface area (Å²) >= 11 is 0. The number of aromatic nitrogens is 2. The SMILES string of the molecule is Cc1cccc(-c2noc(C3CCCCN3C(=O)c3cccc([N+](=O)[O-])c3)n2)c1. The van der Waals surface area contributed by atoms with Gasteiger partial charge in [-0.3, -0.25) is 14.9 Å². The van der Waals surface area contributed by atoms with E-state index in [9.17, 15) is 14.9 Å². The van der Waals surface area contributed by atoms with E-state index in [1.54, 1.807) is 11.0 Å². The minimum Gasteiger partial charge on any atom is -0.337 e. The van der Waals surface area contributed by atoms with Crippen molar-refractivity contribution in [3.63, 3.8) is 0 Å². The van der Waals surface area contributed by atoms with Gasteiger partial charge < -0.3 is 9.42 Å². The lowest BCUT2D eigenvalue weighted by molar-refractivity contribution is -0.384. The van der Waals surface area contributed by atoms with Gasteiger partial charge in [0.1, 0.15) is 6.04 Å². The Hall–Kier alpha value is -3.55. The van der Waals surface area contributed by atoms with E-state index in [2.05, 4.69) is 10.1 Å². The van der Waals surface area contributed by atoms with Crippen LogP contribution in [0.15, 0.2) is 53.1 Å². The predicted octanol–water partition coefficient (Wildman–Crippen LogP) is 4.32. The third-order valence-corrected chi connectivity index (χ3v) is 5.07. The predicted molar refractivity (Wildman–Crippen MR) is 105 cm³/mol. The fourth-order valence-corrected chi connectivity index (χ4v) is 3.62. The van der Waals surface area contributed by atoms with Crippen molar-refractivity contribution in [3.05, 3.63) is 75.7 Å². The Morgan fingerprint density at radius 2 is 2.03 bits per heavy atom. The maximum absolute atomic E-state index is 13.1. The van der Waals surface area contributed by atoms with Crippen molar-refractivity contribution in [3.8, 4) is 11.4 Å². The van der Waals surface area contributed by atoms with Gasteiger partial charge in [-0.1, -0.05) is 35.0 Å². The molecular weight excluding hydrogens is 372 g/mol. The van der Waals surface area contributed by atoms with Gasteiger partial charge in [0.2, 0.25) is 11.7 Å². The molecule has 0 N–H and O–H groups in total. The Labute approximate surface area is 167 Å². The van der Waals surface area contributed by atoms with Gasteiger partial charge in [-0.15, -0.1) is 0 Å². The molecule has 29 heavy (non-hydrogen) atoms. The van der Waals surface area contributed by atoms with Gasteiger partial charge in [0.25, 0.3) is 11.6 Å². The molecule has 3 aromatic rings. The number of hydrogen-bond donors (Lipinski definition) is 0. The second-order valence-corrected chi connectivity index (χ2v) is 7.14. The van der Waals surface area contributed by atoms with Gasteiger partial charge in [-0.25, -0.2) is 0 Å². The molecule has 1 fully saturated rings. The molecule has 2 aromatic carbocycles. The Bertz CT molecular complexity index is 1060. The number of carbonyl (C=O) groups is 1. The van der Waals surface area contributed by atoms with Gasteiger partial charge >= 0.3 is 0 Å². The minimum absolute atomic E-state index is 0.107. The molecule has 1 aliphatic heterocycles. The first kappa shape index (κ1) is 18.8. The zero-order chi connectivity index (χ0) is 20.4. The number of aryl methyl sites for hydroxylation is 1. The van der Waals surface area contributed by atoms with E-state index in [1.807, 2.05) is 31.2 Å². The van der Waals surface area contributed by atoms with Crippen molar-refractivity contribution >= 4 is 11.6 Å². The summed E-state index contributed by atoms with van der Waals surface area (Å²) in [6, 6.07) is 13.2. The first-order chi connectivity index (χ1) is 14.0. The fourth-order valence-electron chi connectivity index (χ4n) is 3.62. The largest absolute Gasteiger partial charge is 0.337 e. The number of benzene rings is 2. The molecule has 1 amide bonds. The lowest BCUT2D eigenvalue weighted by atomic mass is 10.0. The smallest absolute Gasteiger partial charge is 0.270 e. The minimum atomic E-state index is -0.503. The number of likely N-dealkylation sites (tertiary alicyclic amines) is 1. The lowest BCUT2D eigenvalue weighted by Crippen LogP contribution is -2.38. The van der Waals surface area contributed by atoms with Gasteiger partial charge in [0.15, 0.2) is 0 Å². The molecule has 1 aliphatic rings. The highest BCUT2D eigenvalue weighted by Gasteiger charge is 2.33. The summed E-state index contributed by atoms with van der Waals surface area (Å²) in [6.07, 6.45) is 2.50. The van der Waals surface area contributed by atoms with E-state index in [-0.39, 0.29) is 23.2 Å². The van der Waals surface area contributed by atoms with E-state index < -0.39 is 4.92 Å². The molecular formula is C21H20N4O4. The van der Waals surface area contributed by atoms with Crippen molar-refractivity contribution in [1.82, 2.24) is 15.0 Å². The molecule has 2 heterocycles. The first-order valence-corrected chi connectivity index (χ1v) is 9.49. The summed E-state index contributed by atoms with van der Waals surface area (Å²) < 4.78 is 5.51. The Balaban J connectivity index is 1.62. The molecule has 0 aliphatic carbocycles. The van der Waals surface area contributed by atoms with Crippen molar-refractivity contribution < 1.29 is 14.2 Å². The number of hydrogen-bond acceptors (Lipinski definition) is 6. The van der Waals surface area contributed by atoms with Crippen LogP contribution in [-0.2, 0) is 0 Å². The molecule has 0 spiro atoms. The number of amides is 1. The van der Waals surface area contributed by atoms with Crippen LogP contribution in [0.2, 0.25) is 0 Å². The van der Waals surface area contributed by atoms with Crippen LogP contribution in [0.5, 0.6) is 0 Å². The third kappa shape index (κ3) is 3.87. The van der Waals surface area contributed by atoms with Crippen LogP contribution < -0.4 is 0 Å². The van der Waals surface area contributed by atoms with Crippen LogP contribution in [0.25, 0.3) is 11.4 Å². The summed E-state index contributed by atoms with van der Waals surface area (Å²) in [6.45, 7) is 2.53. The molecule has 0 bridgehead atoms. The monoisotopic (exact) mass is 392 g/mol. The second-order valence-electron chi connectivity index (χ2n) is 7.14. The average Bonchev–Trinajstić information content (AvgIpc) is 3.23. The summed E-state index contributed by atoms with van der Waals surface area (Å²) in [5, 5.41) is 15.1. The zero-order valence-electron chi connectivity index (χ0n) is 15.9. The molecule has 1 atom stereocenters. The maximum atomic E-state index is 13.1. The summed E-state index contributed by atoms with van der Waals surface area (Å²) in [5.74, 6) is 0.603. The standard InChI is InChI=1S/C21H20N4O4/c1-14-6-4-7-15(12-14)19-22-20(29-23-19)18-10-2-3-11-24(18)21(26)16-8-5-9-17(13-16)25(27)28/h4-9,12-13,18H,2-3,10-11H2,1H3. The van der Waals surface area contributed by atoms with E-state index in [0.717, 1.165) is 24.0 Å². The number of nitrogens with zero attached hydrogens (tertiary/aromatic N) is 4. The Morgan fingerprint density at radius 1 is 1.21 bits per heavy atom.